The number of nitrogens with zero attached hydrogens (tertiary/aromatic N) is 1. The van der Waals surface area contributed by atoms with Crippen molar-refractivity contribution in [3.05, 3.63) is 28.2 Å². The van der Waals surface area contributed by atoms with Crippen molar-refractivity contribution in [2.24, 2.45) is 11.7 Å². The molecule has 2 atom stereocenters. The molecule has 2 unspecified atom stereocenters. The van der Waals surface area contributed by atoms with Crippen molar-refractivity contribution in [1.82, 2.24) is 0 Å². The van der Waals surface area contributed by atoms with Gasteiger partial charge in [0.2, 0.25) is 0 Å². The Morgan fingerprint density at radius 2 is 2.10 bits per heavy atom. The molecule has 1 aromatic rings. The van der Waals surface area contributed by atoms with Gasteiger partial charge < -0.3 is 10.6 Å². The molecule has 1 heterocycles. The molecule has 0 amide bonds. The minimum Gasteiger partial charge on any atom is -0.366 e. The Morgan fingerprint density at radius 3 is 2.65 bits per heavy atom. The third kappa shape index (κ3) is 3.28. The highest BCUT2D eigenvalue weighted by Crippen LogP contribution is 2.37. The Hall–Kier alpha value is -0.750. The SMILES string of the molecule is CC1CCN(c2ccc(C(F)(F)F)cc2Br)C(CN)C1. The van der Waals surface area contributed by atoms with Gasteiger partial charge in [0, 0.05) is 23.6 Å². The molecule has 0 spiro atoms. The van der Waals surface area contributed by atoms with Crippen molar-refractivity contribution >= 4 is 21.6 Å². The number of hydrogen-bond donors (Lipinski definition) is 1. The third-order valence-corrected chi connectivity index (χ3v) is 4.47. The fourth-order valence-electron chi connectivity index (χ4n) is 2.71. The smallest absolute Gasteiger partial charge is 0.366 e. The molecule has 1 aromatic carbocycles. The molecule has 1 fully saturated rings. The number of alkyl halides is 3. The fraction of sp³-hybridized carbons (Fsp3) is 0.571. The van der Waals surface area contributed by atoms with E-state index in [-0.39, 0.29) is 6.04 Å². The summed E-state index contributed by atoms with van der Waals surface area (Å²) in [6, 6.07) is 3.99. The van der Waals surface area contributed by atoms with Crippen LogP contribution in [-0.4, -0.2) is 19.1 Å². The summed E-state index contributed by atoms with van der Waals surface area (Å²) in [6.45, 7) is 3.52. The summed E-state index contributed by atoms with van der Waals surface area (Å²) < 4.78 is 38.5. The summed E-state index contributed by atoms with van der Waals surface area (Å²) in [4.78, 5) is 2.12. The van der Waals surface area contributed by atoms with E-state index in [0.29, 0.717) is 16.9 Å². The molecule has 6 heteroatoms. The van der Waals surface area contributed by atoms with Crippen LogP contribution in [0.15, 0.2) is 22.7 Å². The maximum Gasteiger partial charge on any atom is 0.416 e. The van der Waals surface area contributed by atoms with E-state index in [4.69, 9.17) is 5.73 Å². The zero-order valence-electron chi connectivity index (χ0n) is 11.3. The Labute approximate surface area is 125 Å². The maximum absolute atomic E-state index is 12.7. The minimum absolute atomic E-state index is 0.187. The van der Waals surface area contributed by atoms with Crippen LogP contribution in [0.2, 0.25) is 0 Å². The molecule has 1 saturated heterocycles. The molecule has 0 aliphatic carbocycles. The van der Waals surface area contributed by atoms with Crippen molar-refractivity contribution in [3.8, 4) is 0 Å². The average molecular weight is 351 g/mol. The van der Waals surface area contributed by atoms with Gasteiger partial charge in [-0.05, 0) is 52.9 Å². The summed E-state index contributed by atoms with van der Waals surface area (Å²) in [5.41, 5.74) is 5.96. The van der Waals surface area contributed by atoms with E-state index in [1.807, 2.05) is 0 Å². The summed E-state index contributed by atoms with van der Waals surface area (Å²) >= 11 is 3.26. The van der Waals surface area contributed by atoms with Gasteiger partial charge >= 0.3 is 6.18 Å². The van der Waals surface area contributed by atoms with Gasteiger partial charge in [-0.15, -0.1) is 0 Å². The molecule has 0 saturated carbocycles. The minimum atomic E-state index is -4.31. The van der Waals surface area contributed by atoms with Gasteiger partial charge in [-0.3, -0.25) is 0 Å². The van der Waals surface area contributed by atoms with Crippen molar-refractivity contribution in [1.29, 1.82) is 0 Å². The Morgan fingerprint density at radius 1 is 1.40 bits per heavy atom. The zero-order valence-corrected chi connectivity index (χ0v) is 12.8. The number of nitrogens with two attached hydrogens (primary N) is 1. The highest BCUT2D eigenvalue weighted by molar-refractivity contribution is 9.10. The van der Waals surface area contributed by atoms with Crippen LogP contribution < -0.4 is 10.6 Å². The summed E-state index contributed by atoms with van der Waals surface area (Å²) in [5.74, 6) is 0.605. The van der Waals surface area contributed by atoms with Crippen LogP contribution in [0.1, 0.15) is 25.3 Å². The van der Waals surface area contributed by atoms with Gasteiger partial charge in [-0.2, -0.15) is 13.2 Å². The first-order chi connectivity index (χ1) is 9.32. The lowest BCUT2D eigenvalue weighted by molar-refractivity contribution is -0.137. The van der Waals surface area contributed by atoms with E-state index >= 15 is 0 Å². The van der Waals surface area contributed by atoms with Crippen LogP contribution in [0, 0.1) is 5.92 Å². The van der Waals surface area contributed by atoms with Crippen molar-refractivity contribution < 1.29 is 13.2 Å². The number of benzene rings is 1. The van der Waals surface area contributed by atoms with Crippen molar-refractivity contribution in [2.45, 2.75) is 32.0 Å². The molecule has 1 aliphatic heterocycles. The number of halogens is 4. The standard InChI is InChI=1S/C14H18BrF3N2/c1-9-4-5-20(11(6-9)8-19)13-3-2-10(7-12(13)15)14(16,17)18/h2-3,7,9,11H,4-6,8,19H2,1H3. The first-order valence-corrected chi connectivity index (χ1v) is 7.45. The number of hydrogen-bond acceptors (Lipinski definition) is 2. The van der Waals surface area contributed by atoms with Gasteiger partial charge in [0.1, 0.15) is 0 Å². The molecule has 20 heavy (non-hydrogen) atoms. The molecule has 0 bridgehead atoms. The Kier molecular flexibility index (Phi) is 4.64. The molecule has 2 N–H and O–H groups in total. The second-order valence-corrected chi connectivity index (χ2v) is 6.23. The van der Waals surface area contributed by atoms with Gasteiger partial charge in [0.05, 0.1) is 11.3 Å². The van der Waals surface area contributed by atoms with Gasteiger partial charge in [0.25, 0.3) is 0 Å². The van der Waals surface area contributed by atoms with Gasteiger partial charge in [-0.1, -0.05) is 6.92 Å². The summed E-state index contributed by atoms with van der Waals surface area (Å²) in [7, 11) is 0. The van der Waals surface area contributed by atoms with Crippen LogP contribution in [0.3, 0.4) is 0 Å². The number of anilines is 1. The predicted octanol–water partition coefficient (Wildman–Crippen LogP) is 4.03. The van der Waals surface area contributed by atoms with Crippen LogP contribution in [0.5, 0.6) is 0 Å². The molecular formula is C14H18BrF3N2. The molecule has 1 aliphatic rings. The largest absolute Gasteiger partial charge is 0.416 e. The van der Waals surface area contributed by atoms with E-state index in [0.717, 1.165) is 37.2 Å². The van der Waals surface area contributed by atoms with Crippen molar-refractivity contribution in [3.63, 3.8) is 0 Å². The normalized spacial score (nSPS) is 24.0. The highest BCUT2D eigenvalue weighted by atomic mass is 79.9. The van der Waals surface area contributed by atoms with Crippen LogP contribution in [0.4, 0.5) is 18.9 Å². The summed E-state index contributed by atoms with van der Waals surface area (Å²) in [5, 5.41) is 0. The van der Waals surface area contributed by atoms with Crippen LogP contribution in [0.25, 0.3) is 0 Å². The Bertz CT molecular complexity index is 476. The lowest BCUT2D eigenvalue weighted by Crippen LogP contribution is -2.46. The van der Waals surface area contributed by atoms with E-state index in [1.54, 1.807) is 0 Å². The van der Waals surface area contributed by atoms with Gasteiger partial charge in [-0.25, -0.2) is 0 Å². The molecular weight excluding hydrogens is 333 g/mol. The monoisotopic (exact) mass is 350 g/mol. The topological polar surface area (TPSA) is 29.3 Å². The second-order valence-electron chi connectivity index (χ2n) is 5.38. The lowest BCUT2D eigenvalue weighted by atomic mass is 9.92. The fourth-order valence-corrected chi connectivity index (χ4v) is 3.31. The third-order valence-electron chi connectivity index (χ3n) is 3.83. The Balaban J connectivity index is 2.28. The van der Waals surface area contributed by atoms with E-state index in [2.05, 4.69) is 27.8 Å². The highest BCUT2D eigenvalue weighted by Gasteiger charge is 2.32. The first kappa shape index (κ1) is 15.6. The first-order valence-electron chi connectivity index (χ1n) is 6.66. The van der Waals surface area contributed by atoms with E-state index in [9.17, 15) is 13.2 Å². The molecule has 2 nitrogen and oxygen atoms in total. The van der Waals surface area contributed by atoms with Crippen molar-refractivity contribution in [2.75, 3.05) is 18.0 Å². The van der Waals surface area contributed by atoms with Gasteiger partial charge in [0.15, 0.2) is 0 Å². The molecule has 0 aromatic heterocycles. The van der Waals surface area contributed by atoms with Crippen LogP contribution in [-0.2, 0) is 6.18 Å². The number of piperidine rings is 1. The van der Waals surface area contributed by atoms with Crippen LogP contribution >= 0.6 is 15.9 Å². The second kappa shape index (κ2) is 5.93. The van der Waals surface area contributed by atoms with E-state index < -0.39 is 11.7 Å². The predicted molar refractivity (Wildman–Crippen MR) is 77.7 cm³/mol. The quantitative estimate of drug-likeness (QED) is 0.872. The molecule has 0 radical (unpaired) electrons. The average Bonchev–Trinajstić information content (AvgIpc) is 2.38. The molecule has 112 valence electrons. The zero-order chi connectivity index (χ0) is 14.9. The number of rotatable bonds is 2. The summed E-state index contributed by atoms with van der Waals surface area (Å²) in [6.07, 6.45) is -2.31. The maximum atomic E-state index is 12.7. The molecule has 2 rings (SSSR count). The lowest BCUT2D eigenvalue weighted by Gasteiger charge is -2.40. The van der Waals surface area contributed by atoms with E-state index in [1.165, 1.54) is 6.07 Å².